The van der Waals surface area contributed by atoms with Gasteiger partial charge >= 0.3 is 5.97 Å². The third kappa shape index (κ3) is 4.87. The Labute approximate surface area is 222 Å². The molecule has 0 aromatic heterocycles. The van der Waals surface area contributed by atoms with Gasteiger partial charge in [-0.15, -0.1) is 12.4 Å². The number of likely N-dealkylation sites (N-methyl/N-ethyl adjacent to an activating group) is 1. The van der Waals surface area contributed by atoms with E-state index in [2.05, 4.69) is 18.0 Å². The topological polar surface area (TPSA) is 95.9 Å². The van der Waals surface area contributed by atoms with Gasteiger partial charge in [0.05, 0.1) is 33.4 Å². The predicted molar refractivity (Wildman–Crippen MR) is 138 cm³/mol. The third-order valence-electron chi connectivity index (χ3n) is 7.70. The first-order valence-corrected chi connectivity index (χ1v) is 12.2. The van der Waals surface area contributed by atoms with Crippen LogP contribution < -0.4 is 18.9 Å². The van der Waals surface area contributed by atoms with Crippen LogP contribution in [-0.4, -0.2) is 77.4 Å². The van der Waals surface area contributed by atoms with Crippen molar-refractivity contribution < 1.29 is 38.3 Å². The van der Waals surface area contributed by atoms with E-state index >= 15 is 0 Å². The fourth-order valence-corrected chi connectivity index (χ4v) is 5.86. The number of phenolic OH excluding ortho intramolecular Hbond substituents is 1. The van der Waals surface area contributed by atoms with Crippen molar-refractivity contribution in [3.8, 4) is 28.7 Å². The van der Waals surface area contributed by atoms with Crippen molar-refractivity contribution in [2.45, 2.75) is 18.3 Å². The third-order valence-corrected chi connectivity index (χ3v) is 7.70. The van der Waals surface area contributed by atoms with Crippen LogP contribution in [-0.2, 0) is 14.3 Å². The average Bonchev–Trinajstić information content (AvgIpc) is 3.50. The number of fused-ring (bicyclic) bond motifs is 3. The summed E-state index contributed by atoms with van der Waals surface area (Å²) in [5.41, 5.74) is 2.94. The van der Waals surface area contributed by atoms with E-state index in [9.17, 15) is 9.90 Å². The lowest BCUT2D eigenvalue weighted by atomic mass is 9.62. The van der Waals surface area contributed by atoms with Crippen LogP contribution >= 0.6 is 12.4 Å². The average molecular weight is 536 g/mol. The second-order valence-corrected chi connectivity index (χ2v) is 9.60. The highest BCUT2D eigenvalue weighted by atomic mass is 35.5. The van der Waals surface area contributed by atoms with Crippen LogP contribution in [0, 0.1) is 11.8 Å². The van der Waals surface area contributed by atoms with Crippen molar-refractivity contribution in [3.63, 3.8) is 0 Å². The van der Waals surface area contributed by atoms with Crippen molar-refractivity contribution in [2.24, 2.45) is 11.8 Å². The molecule has 2 aromatic carbocycles. The Balaban J connectivity index is 0.00000320. The molecule has 1 unspecified atom stereocenters. The van der Waals surface area contributed by atoms with E-state index in [0.29, 0.717) is 19.0 Å². The number of methoxy groups -OCH3 is 3. The van der Waals surface area contributed by atoms with Gasteiger partial charge in [0.15, 0.2) is 23.0 Å². The summed E-state index contributed by atoms with van der Waals surface area (Å²) in [6, 6.07) is 7.62. The van der Waals surface area contributed by atoms with Gasteiger partial charge in [0.1, 0.15) is 0 Å². The maximum Gasteiger partial charge on any atom is 0.310 e. The number of benzene rings is 2. The van der Waals surface area contributed by atoms with Gasteiger partial charge in [0.25, 0.3) is 0 Å². The van der Waals surface area contributed by atoms with Gasteiger partial charge in [-0.1, -0.05) is 0 Å². The molecule has 1 saturated heterocycles. The van der Waals surface area contributed by atoms with Gasteiger partial charge in [-0.05, 0) is 66.9 Å². The fraction of sp³-hybridized carbons (Fsp3) is 0.519. The molecule has 0 saturated carbocycles. The summed E-state index contributed by atoms with van der Waals surface area (Å²) in [7, 11) is 6.77. The normalized spacial score (nSPS) is 23.2. The Morgan fingerprint density at radius 1 is 0.973 bits per heavy atom. The first kappa shape index (κ1) is 27.2. The summed E-state index contributed by atoms with van der Waals surface area (Å²) in [5, 5.41) is 10.5. The van der Waals surface area contributed by atoms with E-state index in [1.165, 1.54) is 14.2 Å². The highest BCUT2D eigenvalue weighted by Gasteiger charge is 2.52. The quantitative estimate of drug-likeness (QED) is 0.483. The molecule has 5 rings (SSSR count). The van der Waals surface area contributed by atoms with Crippen LogP contribution in [0.5, 0.6) is 28.7 Å². The van der Waals surface area contributed by atoms with E-state index < -0.39 is 0 Å². The molecule has 0 amide bonds. The van der Waals surface area contributed by atoms with Gasteiger partial charge in [0, 0.05) is 25.5 Å². The lowest BCUT2D eigenvalue weighted by Crippen LogP contribution is -2.36. The van der Waals surface area contributed by atoms with Crippen LogP contribution in [0.15, 0.2) is 24.3 Å². The number of hydrogen-bond acceptors (Lipinski definition) is 9. The lowest BCUT2D eigenvalue weighted by molar-refractivity contribution is -0.141. The van der Waals surface area contributed by atoms with Gasteiger partial charge in [-0.2, -0.15) is 0 Å². The van der Waals surface area contributed by atoms with Crippen molar-refractivity contribution >= 4 is 18.4 Å². The first-order chi connectivity index (χ1) is 17.5. The molecule has 1 aliphatic carbocycles. The van der Waals surface area contributed by atoms with E-state index in [0.717, 1.165) is 42.0 Å². The molecule has 2 aliphatic heterocycles. The minimum Gasteiger partial charge on any atom is -0.502 e. The standard InChI is InChI=1S/C27H33NO8.ClH/c1-28(7-8-31-2)6-5-16-17-11-20-21(36-14-35-20)12-18(17)24(25-19(16)13-34-27(25)30)15-9-22(32-3)26(29)23(10-15)33-4;/h9-12,16,19,24-25,29H,5-8,13-14H2,1-4H3;1H/t16-,19?,24-,25+;/m1./s1. The highest BCUT2D eigenvalue weighted by Crippen LogP contribution is 2.56. The number of hydrogen-bond donors (Lipinski definition) is 1. The van der Waals surface area contributed by atoms with E-state index in [-0.39, 0.29) is 66.1 Å². The SMILES string of the molecule is COCCN(C)CC[C@@H]1c2cc3c(cc2[C@@H](c2cc(OC)c(O)c(OC)c2)[C@H]2C(=O)OCC12)OCO3.Cl. The van der Waals surface area contributed by atoms with Crippen molar-refractivity contribution in [1.82, 2.24) is 4.90 Å². The molecule has 3 aliphatic rings. The maximum absolute atomic E-state index is 13.2. The highest BCUT2D eigenvalue weighted by molar-refractivity contribution is 5.85. The van der Waals surface area contributed by atoms with Crippen LogP contribution in [0.2, 0.25) is 0 Å². The molecule has 0 radical (unpaired) electrons. The van der Waals surface area contributed by atoms with E-state index in [4.69, 9.17) is 28.4 Å². The number of esters is 1. The number of aromatic hydroxyl groups is 1. The predicted octanol–water partition coefficient (Wildman–Crippen LogP) is 3.55. The van der Waals surface area contributed by atoms with Crippen LogP contribution in [0.4, 0.5) is 0 Å². The maximum atomic E-state index is 13.2. The van der Waals surface area contributed by atoms with E-state index in [1.54, 1.807) is 19.2 Å². The van der Waals surface area contributed by atoms with Crippen molar-refractivity contribution in [2.75, 3.05) is 61.5 Å². The number of halogens is 1. The Morgan fingerprint density at radius 3 is 2.24 bits per heavy atom. The molecule has 9 nitrogen and oxygen atoms in total. The lowest BCUT2D eigenvalue weighted by Gasteiger charge is -2.40. The zero-order valence-corrected chi connectivity index (χ0v) is 22.3. The molecular weight excluding hydrogens is 502 g/mol. The number of rotatable bonds is 9. The van der Waals surface area contributed by atoms with Crippen LogP contribution in [0.3, 0.4) is 0 Å². The Morgan fingerprint density at radius 2 is 1.62 bits per heavy atom. The summed E-state index contributed by atoms with van der Waals surface area (Å²) in [4.78, 5) is 15.5. The Kier molecular flexibility index (Phi) is 8.26. The summed E-state index contributed by atoms with van der Waals surface area (Å²) in [5.74, 6) is 1.07. The van der Waals surface area contributed by atoms with Crippen molar-refractivity contribution in [3.05, 3.63) is 41.0 Å². The number of ether oxygens (including phenoxy) is 6. The minimum absolute atomic E-state index is 0. The number of cyclic esters (lactones) is 1. The van der Waals surface area contributed by atoms with Gasteiger partial charge < -0.3 is 38.4 Å². The molecule has 4 atom stereocenters. The molecule has 2 aromatic rings. The van der Waals surface area contributed by atoms with Crippen LogP contribution in [0.25, 0.3) is 0 Å². The summed E-state index contributed by atoms with van der Waals surface area (Å²) < 4.78 is 33.2. The summed E-state index contributed by atoms with van der Waals surface area (Å²) in [6.07, 6.45) is 0.861. The van der Waals surface area contributed by atoms with Gasteiger partial charge in [0.2, 0.25) is 12.5 Å². The molecule has 2 heterocycles. The molecular formula is C27H34ClNO8. The second-order valence-electron chi connectivity index (χ2n) is 9.60. The second kappa shape index (κ2) is 11.2. The largest absolute Gasteiger partial charge is 0.502 e. The number of carbonyl (C=O) groups excluding carboxylic acids is 1. The molecule has 37 heavy (non-hydrogen) atoms. The molecule has 0 spiro atoms. The van der Waals surface area contributed by atoms with Crippen LogP contribution in [0.1, 0.15) is 34.9 Å². The fourth-order valence-electron chi connectivity index (χ4n) is 5.86. The Hall–Kier alpha value is -2.88. The summed E-state index contributed by atoms with van der Waals surface area (Å²) in [6.45, 7) is 2.88. The number of nitrogens with zero attached hydrogens (tertiary/aromatic N) is 1. The minimum atomic E-state index is -0.383. The zero-order chi connectivity index (χ0) is 25.4. The molecule has 1 N–H and O–H groups in total. The van der Waals surface area contributed by atoms with E-state index in [1.807, 2.05) is 6.07 Å². The molecule has 10 heteroatoms. The number of carbonyl (C=O) groups is 1. The molecule has 1 fully saturated rings. The van der Waals surface area contributed by atoms with Gasteiger partial charge in [-0.25, -0.2) is 0 Å². The van der Waals surface area contributed by atoms with Gasteiger partial charge in [-0.3, -0.25) is 4.79 Å². The first-order valence-electron chi connectivity index (χ1n) is 12.2. The number of phenols is 1. The molecule has 0 bridgehead atoms. The smallest absolute Gasteiger partial charge is 0.310 e. The summed E-state index contributed by atoms with van der Waals surface area (Å²) >= 11 is 0. The zero-order valence-electron chi connectivity index (χ0n) is 21.5. The van der Waals surface area contributed by atoms with Crippen molar-refractivity contribution in [1.29, 1.82) is 0 Å². The monoisotopic (exact) mass is 535 g/mol. The Bertz CT molecular complexity index is 1120. The molecule has 202 valence electrons.